The van der Waals surface area contributed by atoms with Gasteiger partial charge in [0, 0.05) is 29.9 Å². The number of nitrogens with two attached hydrogens (primary N) is 3. The van der Waals surface area contributed by atoms with Crippen LogP contribution in [0.2, 0.25) is 0 Å². The van der Waals surface area contributed by atoms with E-state index in [1.165, 1.54) is 6.92 Å². The molecule has 0 aliphatic carbocycles. The highest BCUT2D eigenvalue weighted by Gasteiger charge is 2.33. The molecule has 0 aliphatic rings. The number of amides is 5. The molecule has 1 aromatic heterocycles. The van der Waals surface area contributed by atoms with Crippen LogP contribution in [0.3, 0.4) is 0 Å². The van der Waals surface area contributed by atoms with E-state index >= 15 is 0 Å². The van der Waals surface area contributed by atoms with Crippen molar-refractivity contribution in [2.75, 3.05) is 0 Å². The predicted molar refractivity (Wildman–Crippen MR) is 137 cm³/mol. The van der Waals surface area contributed by atoms with E-state index in [0.717, 1.165) is 10.9 Å². The molecule has 0 saturated carbocycles. The monoisotopic (exact) mass is 547 g/mol. The van der Waals surface area contributed by atoms with Crippen molar-refractivity contribution >= 4 is 46.4 Å². The van der Waals surface area contributed by atoms with Gasteiger partial charge in [0.05, 0.1) is 18.6 Å². The Morgan fingerprint density at radius 2 is 1.56 bits per heavy atom. The zero-order valence-corrected chi connectivity index (χ0v) is 21.2. The van der Waals surface area contributed by atoms with E-state index in [1.807, 2.05) is 0 Å². The summed E-state index contributed by atoms with van der Waals surface area (Å²) in [6.07, 6.45) is -0.912. The number of aliphatic hydroxyl groups excluding tert-OH is 1. The molecule has 0 saturated heterocycles. The Balaban J connectivity index is 2.29. The Morgan fingerprint density at radius 1 is 0.923 bits per heavy atom. The molecule has 0 radical (unpaired) electrons. The fourth-order valence-corrected chi connectivity index (χ4v) is 3.76. The highest BCUT2D eigenvalue weighted by Crippen LogP contribution is 2.19. The van der Waals surface area contributed by atoms with Gasteiger partial charge in [0.2, 0.25) is 29.5 Å². The van der Waals surface area contributed by atoms with Crippen molar-refractivity contribution in [2.45, 2.75) is 62.9 Å². The Kier molecular flexibility index (Phi) is 10.9. The van der Waals surface area contributed by atoms with Crippen LogP contribution in [0.25, 0.3) is 10.9 Å². The molecule has 2 rings (SSSR count). The second kappa shape index (κ2) is 13.9. The summed E-state index contributed by atoms with van der Waals surface area (Å²) in [5.41, 5.74) is 17.2. The average Bonchev–Trinajstić information content (AvgIpc) is 3.26. The zero-order valence-electron chi connectivity index (χ0n) is 21.2. The Morgan fingerprint density at radius 3 is 2.15 bits per heavy atom. The molecule has 212 valence electrons. The molecule has 2 aromatic rings. The zero-order chi connectivity index (χ0) is 29.3. The maximum atomic E-state index is 13.1. The number of aromatic amines is 1. The van der Waals surface area contributed by atoms with Crippen molar-refractivity contribution in [3.05, 3.63) is 36.0 Å². The third-order valence-electron chi connectivity index (χ3n) is 5.85. The van der Waals surface area contributed by atoms with E-state index in [0.29, 0.717) is 5.56 Å². The van der Waals surface area contributed by atoms with Crippen molar-refractivity contribution in [3.63, 3.8) is 0 Å². The number of aliphatic carboxylic acids is 1. The lowest BCUT2D eigenvalue weighted by molar-refractivity contribution is -0.143. The number of hydrogen-bond acceptors (Lipinski definition) is 8. The first-order valence-electron chi connectivity index (χ1n) is 12.0. The molecule has 0 bridgehead atoms. The molecule has 0 aliphatic heterocycles. The molecular formula is C24H33N7O8. The topological polar surface area (TPSA) is 273 Å². The van der Waals surface area contributed by atoms with Crippen LogP contribution in [-0.4, -0.2) is 81.0 Å². The SMILES string of the molecule is CC(O)C(NC(=O)C(N)CCC(N)=O)C(=O)NC(Cc1c[nH]c2ccccc12)C(=O)NC(CC(N)=O)C(=O)O. The van der Waals surface area contributed by atoms with Gasteiger partial charge in [-0.15, -0.1) is 0 Å². The molecule has 12 N–H and O–H groups in total. The van der Waals surface area contributed by atoms with Gasteiger partial charge in [-0.25, -0.2) is 4.79 Å². The number of aliphatic hydroxyl groups is 1. The van der Waals surface area contributed by atoms with E-state index in [-0.39, 0.29) is 19.3 Å². The molecule has 1 heterocycles. The number of rotatable bonds is 15. The van der Waals surface area contributed by atoms with Gasteiger partial charge in [-0.1, -0.05) is 18.2 Å². The van der Waals surface area contributed by atoms with Crippen LogP contribution < -0.4 is 33.2 Å². The van der Waals surface area contributed by atoms with Gasteiger partial charge >= 0.3 is 5.97 Å². The first-order valence-corrected chi connectivity index (χ1v) is 12.0. The highest BCUT2D eigenvalue weighted by atomic mass is 16.4. The fourth-order valence-electron chi connectivity index (χ4n) is 3.76. The summed E-state index contributed by atoms with van der Waals surface area (Å²) in [5.74, 6) is -5.92. The van der Waals surface area contributed by atoms with Crippen LogP contribution in [0.4, 0.5) is 0 Å². The lowest BCUT2D eigenvalue weighted by atomic mass is 10.0. The van der Waals surface area contributed by atoms with Crippen molar-refractivity contribution in [3.8, 4) is 0 Å². The summed E-state index contributed by atoms with van der Waals surface area (Å²) in [5, 5.41) is 27.2. The second-order valence-electron chi connectivity index (χ2n) is 9.03. The molecular weight excluding hydrogens is 514 g/mol. The number of H-pyrrole nitrogens is 1. The lowest BCUT2D eigenvalue weighted by Crippen LogP contribution is -2.60. The predicted octanol–water partition coefficient (Wildman–Crippen LogP) is -2.90. The maximum absolute atomic E-state index is 13.1. The van der Waals surface area contributed by atoms with Gasteiger partial charge in [-0.2, -0.15) is 0 Å². The van der Waals surface area contributed by atoms with Gasteiger partial charge in [0.15, 0.2) is 0 Å². The van der Waals surface area contributed by atoms with Crippen LogP contribution in [0, 0.1) is 0 Å². The Labute approximate surface area is 222 Å². The summed E-state index contributed by atoms with van der Waals surface area (Å²) in [4.78, 5) is 75.6. The minimum Gasteiger partial charge on any atom is -0.480 e. The van der Waals surface area contributed by atoms with E-state index in [4.69, 9.17) is 17.2 Å². The van der Waals surface area contributed by atoms with E-state index < -0.39 is 72.2 Å². The lowest BCUT2D eigenvalue weighted by Gasteiger charge is -2.26. The molecule has 5 unspecified atom stereocenters. The smallest absolute Gasteiger partial charge is 0.326 e. The number of para-hydroxylation sites is 1. The highest BCUT2D eigenvalue weighted by molar-refractivity contribution is 5.96. The van der Waals surface area contributed by atoms with Gasteiger partial charge < -0.3 is 48.3 Å². The summed E-state index contributed by atoms with van der Waals surface area (Å²) in [6, 6.07) is 1.30. The maximum Gasteiger partial charge on any atom is 0.326 e. The molecule has 15 nitrogen and oxygen atoms in total. The number of carboxylic acids is 1. The minimum atomic E-state index is -1.66. The summed E-state index contributed by atoms with van der Waals surface area (Å²) >= 11 is 0. The first-order chi connectivity index (χ1) is 18.3. The van der Waals surface area contributed by atoms with Gasteiger partial charge in [-0.05, 0) is 25.0 Å². The van der Waals surface area contributed by atoms with Crippen LogP contribution >= 0.6 is 0 Å². The Hall–Kier alpha value is -4.50. The number of aromatic nitrogens is 1. The number of primary amides is 2. The normalized spacial score (nSPS) is 14.8. The fraction of sp³-hybridized carbons (Fsp3) is 0.417. The number of fused-ring (bicyclic) bond motifs is 1. The summed E-state index contributed by atoms with van der Waals surface area (Å²) in [6.45, 7) is 1.22. The van der Waals surface area contributed by atoms with E-state index in [1.54, 1.807) is 30.5 Å². The number of carbonyl (C=O) groups is 6. The third kappa shape index (κ3) is 9.08. The van der Waals surface area contributed by atoms with Crippen LogP contribution in [0.15, 0.2) is 30.5 Å². The first kappa shape index (κ1) is 30.7. The quantitative estimate of drug-likeness (QED) is 0.110. The number of hydrogen-bond donors (Lipinski definition) is 9. The van der Waals surface area contributed by atoms with Crippen molar-refractivity contribution in [2.24, 2.45) is 17.2 Å². The van der Waals surface area contributed by atoms with Gasteiger partial charge in [0.1, 0.15) is 18.1 Å². The number of nitrogens with one attached hydrogen (secondary N) is 4. The largest absolute Gasteiger partial charge is 0.480 e. The molecule has 5 amide bonds. The average molecular weight is 548 g/mol. The number of benzene rings is 1. The van der Waals surface area contributed by atoms with Crippen LogP contribution in [0.5, 0.6) is 0 Å². The molecule has 5 atom stereocenters. The standard InChI is InChI=1S/C24H33N7O8/c1-11(32)20(31-21(35)14(25)6-7-18(26)33)23(37)29-16(22(36)30-17(24(38)39)9-19(27)34)8-12-10-28-15-5-3-2-4-13(12)15/h2-5,10-11,14,16-17,20,28,32H,6-9,25H2,1H3,(H2,26,33)(H2,27,34)(H,29,37)(H,30,36)(H,31,35)(H,38,39). The van der Waals surface area contributed by atoms with Gasteiger partial charge in [-0.3, -0.25) is 24.0 Å². The van der Waals surface area contributed by atoms with E-state index in [2.05, 4.69) is 20.9 Å². The minimum absolute atomic E-state index is 0.0999. The molecule has 15 heteroatoms. The van der Waals surface area contributed by atoms with Gasteiger partial charge in [0.25, 0.3) is 0 Å². The van der Waals surface area contributed by atoms with E-state index in [9.17, 15) is 39.0 Å². The summed E-state index contributed by atoms with van der Waals surface area (Å²) < 4.78 is 0. The Bertz CT molecular complexity index is 1230. The van der Waals surface area contributed by atoms with Crippen LogP contribution in [0.1, 0.15) is 31.7 Å². The van der Waals surface area contributed by atoms with Crippen molar-refractivity contribution in [1.82, 2.24) is 20.9 Å². The molecule has 39 heavy (non-hydrogen) atoms. The second-order valence-corrected chi connectivity index (χ2v) is 9.03. The van der Waals surface area contributed by atoms with Crippen molar-refractivity contribution in [1.29, 1.82) is 0 Å². The number of carbonyl (C=O) groups excluding carboxylic acids is 5. The number of carboxylic acid groups (broad SMARTS) is 1. The summed E-state index contributed by atoms with van der Waals surface area (Å²) in [7, 11) is 0. The molecule has 0 spiro atoms. The van der Waals surface area contributed by atoms with Crippen molar-refractivity contribution < 1.29 is 39.0 Å². The third-order valence-corrected chi connectivity index (χ3v) is 5.85. The molecule has 1 aromatic carbocycles. The molecule has 0 fully saturated rings. The van der Waals surface area contributed by atoms with Crippen LogP contribution in [-0.2, 0) is 35.2 Å².